The second kappa shape index (κ2) is 8.56. The third-order valence-corrected chi connectivity index (χ3v) is 5.98. The lowest BCUT2D eigenvalue weighted by Crippen LogP contribution is -2.42. The molecule has 0 radical (unpaired) electrons. The molecule has 3 aromatic rings. The number of likely N-dealkylation sites (tertiary alicyclic amines) is 1. The summed E-state index contributed by atoms with van der Waals surface area (Å²) in [6.45, 7) is 10.7. The molecule has 172 valence electrons. The Morgan fingerprint density at radius 2 is 1.88 bits per heavy atom. The number of amides is 1. The number of rotatable bonds is 5. The van der Waals surface area contributed by atoms with Gasteiger partial charge in [-0.2, -0.15) is 0 Å². The molecule has 0 saturated carbocycles. The summed E-state index contributed by atoms with van der Waals surface area (Å²) < 4.78 is 28.9. The fourth-order valence-corrected chi connectivity index (χ4v) is 4.07. The van der Waals surface area contributed by atoms with E-state index in [1.54, 1.807) is 32.0 Å². The molecule has 4 rings (SSSR count). The van der Waals surface area contributed by atoms with Gasteiger partial charge in [-0.1, -0.05) is 12.1 Å². The van der Waals surface area contributed by atoms with E-state index in [0.29, 0.717) is 29.7 Å². The molecule has 0 unspecified atom stereocenters. The van der Waals surface area contributed by atoms with Crippen molar-refractivity contribution in [1.82, 2.24) is 14.5 Å². The number of pyridine rings is 1. The Bertz CT molecular complexity index is 1210. The maximum atomic E-state index is 13.5. The highest BCUT2D eigenvalue weighted by Gasteiger charge is 2.36. The second-order valence-corrected chi connectivity index (χ2v) is 9.20. The number of aryl methyl sites for hydroxylation is 1. The first-order valence-electron chi connectivity index (χ1n) is 10.9. The lowest BCUT2D eigenvalue weighted by molar-refractivity contribution is -0.0494. The number of piperidine rings is 1. The van der Waals surface area contributed by atoms with Crippen LogP contribution >= 0.6 is 0 Å². The van der Waals surface area contributed by atoms with Crippen molar-refractivity contribution >= 4 is 22.6 Å². The van der Waals surface area contributed by atoms with Crippen LogP contribution in [0.25, 0.3) is 21.6 Å². The minimum Gasteiger partial charge on any atom is -0.390 e. The number of aliphatic hydroxyl groups is 1. The number of alkyl halides is 2. The summed E-state index contributed by atoms with van der Waals surface area (Å²) in [5.74, 6) is -3.01. The van der Waals surface area contributed by atoms with Gasteiger partial charge in [0.25, 0.3) is 11.8 Å². The molecule has 8 heteroatoms. The van der Waals surface area contributed by atoms with Gasteiger partial charge in [0.15, 0.2) is 5.69 Å². The average Bonchev–Trinajstić information content (AvgIpc) is 3.14. The van der Waals surface area contributed by atoms with Crippen molar-refractivity contribution in [1.29, 1.82) is 0 Å². The van der Waals surface area contributed by atoms with Crippen LogP contribution in [0.15, 0.2) is 42.6 Å². The standard InChI is InChI=1S/C25H26F2N4O2/c1-24(2,33)9-8-21-15-17-14-18(23(32)30-12-10-25(26,27)11-13-30)16-29-22(17)31(21)20-6-4-19(28-3)5-7-20/h4-7,14-16,33H,8-13H2,1-2H3. The van der Waals surface area contributed by atoms with E-state index < -0.39 is 11.5 Å². The van der Waals surface area contributed by atoms with Crippen LogP contribution in [0.4, 0.5) is 14.5 Å². The molecular weight excluding hydrogens is 426 g/mol. The minimum atomic E-state index is -2.71. The molecule has 1 aliphatic rings. The molecule has 2 aromatic heterocycles. The molecule has 3 heterocycles. The highest BCUT2D eigenvalue weighted by Crippen LogP contribution is 2.30. The van der Waals surface area contributed by atoms with Gasteiger partial charge < -0.3 is 10.0 Å². The van der Waals surface area contributed by atoms with Gasteiger partial charge in [0.2, 0.25) is 0 Å². The van der Waals surface area contributed by atoms with Gasteiger partial charge in [0, 0.05) is 48.9 Å². The van der Waals surface area contributed by atoms with E-state index in [0.717, 1.165) is 16.8 Å². The highest BCUT2D eigenvalue weighted by atomic mass is 19.3. The van der Waals surface area contributed by atoms with Gasteiger partial charge in [0.1, 0.15) is 5.65 Å². The van der Waals surface area contributed by atoms with E-state index in [-0.39, 0.29) is 31.8 Å². The predicted molar refractivity (Wildman–Crippen MR) is 122 cm³/mol. The molecule has 1 aliphatic heterocycles. The molecule has 1 fully saturated rings. The molecule has 0 spiro atoms. The van der Waals surface area contributed by atoms with Gasteiger partial charge in [0.05, 0.1) is 17.7 Å². The maximum Gasteiger partial charge on any atom is 0.255 e. The molecule has 0 aliphatic carbocycles. The number of benzene rings is 1. The largest absolute Gasteiger partial charge is 0.390 e. The fourth-order valence-electron chi connectivity index (χ4n) is 4.07. The van der Waals surface area contributed by atoms with Gasteiger partial charge >= 0.3 is 0 Å². The number of halogens is 2. The van der Waals surface area contributed by atoms with Crippen LogP contribution in [0, 0.1) is 6.57 Å². The SMILES string of the molecule is [C-]#[N+]c1ccc(-n2c(CCC(C)(C)O)cc3cc(C(=O)N4CCC(F)(F)CC4)cnc32)cc1. The Labute approximate surface area is 191 Å². The number of carbonyl (C=O) groups is 1. The van der Waals surface area contributed by atoms with Gasteiger partial charge in [-0.25, -0.2) is 18.6 Å². The van der Waals surface area contributed by atoms with Gasteiger partial charge in [-0.05, 0) is 51.0 Å². The van der Waals surface area contributed by atoms with E-state index in [4.69, 9.17) is 6.57 Å². The first kappa shape index (κ1) is 22.9. The summed E-state index contributed by atoms with van der Waals surface area (Å²) in [5.41, 5.74) is 2.44. The Hall–Kier alpha value is -3.31. The van der Waals surface area contributed by atoms with Crippen molar-refractivity contribution < 1.29 is 18.7 Å². The Morgan fingerprint density at radius 1 is 1.21 bits per heavy atom. The van der Waals surface area contributed by atoms with Crippen molar-refractivity contribution in [2.75, 3.05) is 13.1 Å². The fraction of sp³-hybridized carbons (Fsp3) is 0.400. The quantitative estimate of drug-likeness (QED) is 0.545. The summed E-state index contributed by atoms with van der Waals surface area (Å²) in [7, 11) is 0. The lowest BCUT2D eigenvalue weighted by Gasteiger charge is -2.31. The summed E-state index contributed by atoms with van der Waals surface area (Å²) in [4.78, 5) is 22.4. The number of nitrogens with zero attached hydrogens (tertiary/aromatic N) is 4. The smallest absolute Gasteiger partial charge is 0.255 e. The molecule has 0 bridgehead atoms. The van der Waals surface area contributed by atoms with Crippen LogP contribution in [-0.2, 0) is 6.42 Å². The number of fused-ring (bicyclic) bond motifs is 1. The monoisotopic (exact) mass is 452 g/mol. The number of hydrogen-bond donors (Lipinski definition) is 1. The molecule has 1 amide bonds. The van der Waals surface area contributed by atoms with Crippen molar-refractivity contribution in [3.05, 3.63) is 65.3 Å². The summed E-state index contributed by atoms with van der Waals surface area (Å²) in [5, 5.41) is 11.0. The topological polar surface area (TPSA) is 62.7 Å². The Kier molecular flexibility index (Phi) is 5.93. The number of carbonyl (C=O) groups excluding carboxylic acids is 1. The van der Waals surface area contributed by atoms with E-state index in [9.17, 15) is 18.7 Å². The summed E-state index contributed by atoms with van der Waals surface area (Å²) in [6.07, 6.45) is 1.94. The summed E-state index contributed by atoms with van der Waals surface area (Å²) in [6, 6.07) is 10.8. The normalized spacial score (nSPS) is 16.1. The van der Waals surface area contributed by atoms with E-state index in [1.807, 2.05) is 22.8 Å². The van der Waals surface area contributed by atoms with Crippen molar-refractivity contribution in [2.45, 2.75) is 51.1 Å². The predicted octanol–water partition coefficient (Wildman–Crippen LogP) is 5.15. The maximum absolute atomic E-state index is 13.5. The van der Waals surface area contributed by atoms with Crippen molar-refractivity contribution in [3.8, 4) is 5.69 Å². The first-order valence-corrected chi connectivity index (χ1v) is 10.9. The molecule has 1 N–H and O–H groups in total. The molecule has 1 saturated heterocycles. The number of hydrogen-bond acceptors (Lipinski definition) is 3. The third-order valence-electron chi connectivity index (χ3n) is 5.98. The molecular formula is C25H26F2N4O2. The Morgan fingerprint density at radius 3 is 2.48 bits per heavy atom. The average molecular weight is 453 g/mol. The van der Waals surface area contributed by atoms with Crippen LogP contribution in [0.3, 0.4) is 0 Å². The van der Waals surface area contributed by atoms with Crippen LogP contribution in [0.2, 0.25) is 0 Å². The molecule has 0 atom stereocenters. The summed E-state index contributed by atoms with van der Waals surface area (Å²) >= 11 is 0. The van der Waals surface area contributed by atoms with Gasteiger partial charge in [-0.15, -0.1) is 0 Å². The molecule has 33 heavy (non-hydrogen) atoms. The second-order valence-electron chi connectivity index (χ2n) is 9.20. The van der Waals surface area contributed by atoms with Crippen LogP contribution < -0.4 is 0 Å². The highest BCUT2D eigenvalue weighted by molar-refractivity contribution is 5.97. The zero-order chi connectivity index (χ0) is 23.8. The molecule has 1 aromatic carbocycles. The minimum absolute atomic E-state index is 0.0229. The van der Waals surface area contributed by atoms with Crippen molar-refractivity contribution in [3.63, 3.8) is 0 Å². The lowest BCUT2D eigenvalue weighted by atomic mass is 10.0. The zero-order valence-electron chi connectivity index (χ0n) is 18.7. The number of aromatic nitrogens is 2. The van der Waals surface area contributed by atoms with Crippen LogP contribution in [0.5, 0.6) is 0 Å². The Balaban J connectivity index is 1.71. The van der Waals surface area contributed by atoms with Crippen LogP contribution in [-0.4, -0.2) is 50.1 Å². The third kappa shape index (κ3) is 5.04. The van der Waals surface area contributed by atoms with E-state index in [2.05, 4.69) is 9.83 Å². The van der Waals surface area contributed by atoms with Crippen LogP contribution in [0.1, 0.15) is 49.2 Å². The van der Waals surface area contributed by atoms with E-state index >= 15 is 0 Å². The van der Waals surface area contributed by atoms with Crippen molar-refractivity contribution in [2.24, 2.45) is 0 Å². The van der Waals surface area contributed by atoms with E-state index in [1.165, 1.54) is 11.1 Å². The first-order chi connectivity index (χ1) is 15.6. The zero-order valence-corrected chi connectivity index (χ0v) is 18.7. The molecule has 6 nitrogen and oxygen atoms in total. The van der Waals surface area contributed by atoms with Gasteiger partial charge in [-0.3, -0.25) is 9.36 Å².